The average molecular weight is 296 g/mol. The molecule has 110 valence electrons. The van der Waals surface area contributed by atoms with Crippen molar-refractivity contribution < 1.29 is 14.3 Å². The van der Waals surface area contributed by atoms with Gasteiger partial charge in [0.2, 0.25) is 0 Å². The van der Waals surface area contributed by atoms with Gasteiger partial charge in [-0.15, -0.1) is 0 Å². The number of ketones is 1. The third kappa shape index (κ3) is 3.30. The van der Waals surface area contributed by atoms with Crippen molar-refractivity contribution >= 4 is 28.5 Å². The summed E-state index contributed by atoms with van der Waals surface area (Å²) in [6.45, 7) is 0.807. The Hall–Kier alpha value is -3.14. The zero-order valence-electron chi connectivity index (χ0n) is 11.7. The van der Waals surface area contributed by atoms with Gasteiger partial charge in [0.25, 0.3) is 0 Å². The maximum atomic E-state index is 11.9. The lowest BCUT2D eigenvalue weighted by Gasteiger charge is -2.07. The molecule has 2 rings (SSSR count). The summed E-state index contributed by atoms with van der Waals surface area (Å²) in [5.41, 5.74) is 1.33. The highest BCUT2D eigenvalue weighted by Gasteiger charge is 2.21. The molecule has 1 aromatic carbocycles. The van der Waals surface area contributed by atoms with Crippen molar-refractivity contribution in [1.29, 1.82) is 10.7 Å². The van der Waals surface area contributed by atoms with Crippen molar-refractivity contribution in [2.24, 2.45) is 5.92 Å². The summed E-state index contributed by atoms with van der Waals surface area (Å²) in [5.74, 6) is -2.50. The Labute approximate surface area is 126 Å². The molecule has 0 saturated carbocycles. The van der Waals surface area contributed by atoms with E-state index >= 15 is 0 Å². The van der Waals surface area contributed by atoms with Gasteiger partial charge < -0.3 is 10.1 Å². The fourth-order valence-electron chi connectivity index (χ4n) is 1.80. The van der Waals surface area contributed by atoms with Gasteiger partial charge >= 0.3 is 5.97 Å². The molecule has 1 unspecified atom stereocenters. The van der Waals surface area contributed by atoms with E-state index in [0.29, 0.717) is 11.0 Å². The molecule has 0 fully saturated rings. The number of fused-ring (bicyclic) bond motifs is 1. The number of benzene rings is 1. The fourth-order valence-corrected chi connectivity index (χ4v) is 1.80. The molecule has 0 amide bonds. The van der Waals surface area contributed by atoms with Crippen LogP contribution < -0.4 is 0 Å². The van der Waals surface area contributed by atoms with Gasteiger partial charge in [0.05, 0.1) is 22.7 Å². The van der Waals surface area contributed by atoms with Crippen LogP contribution in [0.2, 0.25) is 0 Å². The maximum Gasteiger partial charge on any atom is 0.338 e. The average Bonchev–Trinajstić information content (AvgIpc) is 2.52. The number of aromatic nitrogens is 2. The van der Waals surface area contributed by atoms with Gasteiger partial charge in [0.1, 0.15) is 5.92 Å². The Balaban J connectivity index is 2.07. The molecule has 1 aromatic heterocycles. The molecule has 1 heterocycles. The quantitative estimate of drug-likeness (QED) is 0.660. The Morgan fingerprint density at radius 3 is 2.64 bits per heavy atom. The highest BCUT2D eigenvalue weighted by atomic mass is 16.5. The van der Waals surface area contributed by atoms with Crippen LogP contribution in [0.15, 0.2) is 30.6 Å². The van der Waals surface area contributed by atoms with Gasteiger partial charge in [0.15, 0.2) is 12.4 Å². The highest BCUT2D eigenvalue weighted by molar-refractivity contribution is 6.06. The number of Topliss-reactive ketones (excluding diaryl/α,β-unsaturated/α-hetero) is 1. The van der Waals surface area contributed by atoms with Crippen LogP contribution in [-0.2, 0) is 9.53 Å². The van der Waals surface area contributed by atoms with E-state index in [1.54, 1.807) is 18.3 Å². The van der Waals surface area contributed by atoms with Crippen molar-refractivity contribution in [2.75, 3.05) is 6.61 Å². The Bertz CT molecular complexity index is 795. The van der Waals surface area contributed by atoms with E-state index in [4.69, 9.17) is 15.4 Å². The van der Waals surface area contributed by atoms with Crippen LogP contribution in [0.5, 0.6) is 0 Å². The maximum absolute atomic E-state index is 11.9. The Morgan fingerprint density at radius 1 is 1.32 bits per heavy atom. The molecule has 0 aliphatic rings. The van der Waals surface area contributed by atoms with Crippen molar-refractivity contribution in [3.05, 3.63) is 36.2 Å². The summed E-state index contributed by atoms with van der Waals surface area (Å²) in [4.78, 5) is 31.8. The third-order valence-corrected chi connectivity index (χ3v) is 2.93. The molecule has 0 bridgehead atoms. The van der Waals surface area contributed by atoms with Gasteiger partial charge in [-0.3, -0.25) is 14.8 Å². The fraction of sp³-hybridized carbons (Fsp3) is 0.200. The predicted octanol–water partition coefficient (Wildman–Crippen LogP) is 1.54. The van der Waals surface area contributed by atoms with Gasteiger partial charge in [-0.2, -0.15) is 5.26 Å². The number of esters is 1. The van der Waals surface area contributed by atoms with E-state index in [2.05, 4.69) is 9.97 Å². The molecular formula is C15H12N4O3. The summed E-state index contributed by atoms with van der Waals surface area (Å²) in [7, 11) is 0. The number of carbonyl (C=O) groups excluding carboxylic acids is 2. The lowest BCUT2D eigenvalue weighted by molar-refractivity contribution is -0.122. The lowest BCUT2D eigenvalue weighted by atomic mass is 10.0. The smallest absolute Gasteiger partial charge is 0.338 e. The number of ether oxygens (including phenoxy) is 1. The lowest BCUT2D eigenvalue weighted by Crippen LogP contribution is -2.25. The Morgan fingerprint density at radius 2 is 2.00 bits per heavy atom. The van der Waals surface area contributed by atoms with E-state index in [-0.39, 0.29) is 11.3 Å². The van der Waals surface area contributed by atoms with Crippen molar-refractivity contribution in [3.8, 4) is 6.07 Å². The number of carbonyl (C=O) groups is 2. The summed E-state index contributed by atoms with van der Waals surface area (Å²) in [5, 5.41) is 16.1. The molecule has 1 N–H and O–H groups in total. The van der Waals surface area contributed by atoms with Crippen LogP contribution in [-0.4, -0.2) is 34.0 Å². The highest BCUT2D eigenvalue weighted by Crippen LogP contribution is 2.12. The number of nitrogens with zero attached hydrogens (tertiary/aromatic N) is 3. The molecule has 0 saturated heterocycles. The zero-order valence-corrected chi connectivity index (χ0v) is 11.7. The standard InChI is InChI=1S/C15H12N4O3/c1-9(17)11(7-16)14(20)8-22-15(21)10-2-3-12-13(6-10)19-5-4-18-12/h2-6,11,17H,8H2,1H3. The van der Waals surface area contributed by atoms with Gasteiger partial charge in [0, 0.05) is 18.1 Å². The number of nitrogens with one attached hydrogen (secondary N) is 1. The van der Waals surface area contributed by atoms with E-state index in [0.717, 1.165) is 0 Å². The minimum absolute atomic E-state index is 0.0791. The van der Waals surface area contributed by atoms with Crippen LogP contribution in [0, 0.1) is 22.7 Å². The molecule has 22 heavy (non-hydrogen) atoms. The summed E-state index contributed by atoms with van der Waals surface area (Å²) >= 11 is 0. The normalized spacial score (nSPS) is 11.5. The third-order valence-electron chi connectivity index (χ3n) is 2.93. The van der Waals surface area contributed by atoms with Gasteiger partial charge in [-0.05, 0) is 25.1 Å². The molecule has 0 radical (unpaired) electrons. The second-order valence-corrected chi connectivity index (χ2v) is 4.55. The van der Waals surface area contributed by atoms with Crippen molar-refractivity contribution in [1.82, 2.24) is 9.97 Å². The molecule has 0 aliphatic carbocycles. The topological polar surface area (TPSA) is 117 Å². The van der Waals surface area contributed by atoms with Crippen LogP contribution in [0.4, 0.5) is 0 Å². The molecule has 7 heteroatoms. The van der Waals surface area contributed by atoms with E-state index in [1.165, 1.54) is 25.3 Å². The van der Waals surface area contributed by atoms with Gasteiger partial charge in [-0.1, -0.05) is 0 Å². The van der Waals surface area contributed by atoms with Crippen molar-refractivity contribution in [2.45, 2.75) is 6.92 Å². The first kappa shape index (κ1) is 15.3. The largest absolute Gasteiger partial charge is 0.454 e. The molecule has 0 spiro atoms. The molecule has 0 aliphatic heterocycles. The van der Waals surface area contributed by atoms with Crippen LogP contribution in [0.3, 0.4) is 0 Å². The van der Waals surface area contributed by atoms with E-state index < -0.39 is 24.3 Å². The first-order valence-corrected chi connectivity index (χ1v) is 6.38. The monoisotopic (exact) mass is 296 g/mol. The second kappa shape index (κ2) is 6.54. The van der Waals surface area contributed by atoms with E-state index in [1.807, 2.05) is 0 Å². The second-order valence-electron chi connectivity index (χ2n) is 4.55. The van der Waals surface area contributed by atoms with Crippen LogP contribution in [0.1, 0.15) is 17.3 Å². The number of rotatable bonds is 5. The minimum Gasteiger partial charge on any atom is -0.454 e. The summed E-state index contributed by atoms with van der Waals surface area (Å²) in [6.07, 6.45) is 3.05. The van der Waals surface area contributed by atoms with Gasteiger partial charge in [-0.25, -0.2) is 4.79 Å². The molecule has 7 nitrogen and oxygen atoms in total. The first-order chi connectivity index (χ1) is 10.5. The number of nitriles is 1. The number of hydrogen-bond acceptors (Lipinski definition) is 7. The van der Waals surface area contributed by atoms with E-state index in [9.17, 15) is 9.59 Å². The Kier molecular flexibility index (Phi) is 4.53. The van der Waals surface area contributed by atoms with Crippen LogP contribution >= 0.6 is 0 Å². The summed E-state index contributed by atoms with van der Waals surface area (Å²) in [6, 6.07) is 6.36. The SMILES string of the molecule is CC(=N)C(C#N)C(=O)COC(=O)c1ccc2nccnc2c1. The first-order valence-electron chi connectivity index (χ1n) is 6.38. The van der Waals surface area contributed by atoms with Crippen molar-refractivity contribution in [3.63, 3.8) is 0 Å². The summed E-state index contributed by atoms with van der Waals surface area (Å²) < 4.78 is 4.89. The zero-order chi connectivity index (χ0) is 16.1. The van der Waals surface area contributed by atoms with Crippen LogP contribution in [0.25, 0.3) is 11.0 Å². The molecular weight excluding hydrogens is 284 g/mol. The minimum atomic E-state index is -1.18. The predicted molar refractivity (Wildman–Crippen MR) is 77.3 cm³/mol. The molecule has 1 atom stereocenters. The molecule has 2 aromatic rings. The number of hydrogen-bond donors (Lipinski definition) is 1.